The predicted molar refractivity (Wildman–Crippen MR) is 86.8 cm³/mol. The van der Waals surface area contributed by atoms with Crippen LogP contribution in [0, 0.1) is 0 Å². The summed E-state index contributed by atoms with van der Waals surface area (Å²) in [5.41, 5.74) is 5.23. The van der Waals surface area contributed by atoms with Crippen LogP contribution in [0.3, 0.4) is 0 Å². The van der Waals surface area contributed by atoms with Gasteiger partial charge in [0.05, 0.1) is 23.1 Å². The quantitative estimate of drug-likeness (QED) is 0.926. The van der Waals surface area contributed by atoms with Gasteiger partial charge in [-0.3, -0.25) is 4.98 Å². The van der Waals surface area contributed by atoms with Crippen molar-refractivity contribution in [3.63, 3.8) is 0 Å². The average Bonchev–Trinajstić information content (AvgIpc) is 3.18. The first kappa shape index (κ1) is 12.7. The van der Waals surface area contributed by atoms with E-state index in [1.165, 1.54) is 48.6 Å². The molecule has 1 aromatic heterocycles. The Bertz CT molecular complexity index is 632. The number of aryl methyl sites for hydroxylation is 1. The number of nitrogens with one attached hydrogen (secondary N) is 1. The molecule has 0 radical (unpaired) electrons. The van der Waals surface area contributed by atoms with Crippen LogP contribution in [0.4, 0.5) is 11.4 Å². The van der Waals surface area contributed by atoms with Crippen LogP contribution in [0.1, 0.15) is 36.6 Å². The summed E-state index contributed by atoms with van der Waals surface area (Å²) in [5.74, 6) is 0. The zero-order valence-corrected chi connectivity index (χ0v) is 12.3. The number of rotatable bonds is 3. The Kier molecular flexibility index (Phi) is 3.26. The molecule has 21 heavy (non-hydrogen) atoms. The van der Waals surface area contributed by atoms with Gasteiger partial charge in [-0.1, -0.05) is 18.2 Å². The zero-order valence-electron chi connectivity index (χ0n) is 12.3. The van der Waals surface area contributed by atoms with E-state index >= 15 is 0 Å². The molecule has 0 bridgehead atoms. The Balaban J connectivity index is 1.61. The van der Waals surface area contributed by atoms with Gasteiger partial charge >= 0.3 is 0 Å². The maximum atomic E-state index is 4.59. The van der Waals surface area contributed by atoms with Crippen molar-refractivity contribution in [1.29, 1.82) is 0 Å². The number of anilines is 2. The van der Waals surface area contributed by atoms with Crippen molar-refractivity contribution in [1.82, 2.24) is 4.98 Å². The Hall–Kier alpha value is -2.03. The number of nitrogens with zero attached hydrogens (tertiary/aromatic N) is 2. The van der Waals surface area contributed by atoms with Crippen molar-refractivity contribution in [2.75, 3.05) is 23.3 Å². The standard InChI is InChI=1S/C18H21N3/c1-2-8-17(21-12-3-4-13-21)15(7-1)20-16-10-9-14-6-5-11-19-18(14)16/h1-2,5-8,11,16,20H,3-4,9-10,12-13H2. The fraction of sp³-hybridized carbons (Fsp3) is 0.389. The SMILES string of the molecule is c1cnc2c(c1)CCC2Nc1ccccc1N1CCCC1. The minimum absolute atomic E-state index is 0.352. The number of aromatic nitrogens is 1. The molecule has 2 aliphatic rings. The fourth-order valence-electron chi connectivity index (χ4n) is 3.57. The Labute approximate surface area is 126 Å². The highest BCUT2D eigenvalue weighted by atomic mass is 15.2. The second-order valence-electron chi connectivity index (χ2n) is 5.99. The van der Waals surface area contributed by atoms with Crippen LogP contribution in [0.2, 0.25) is 0 Å². The molecule has 2 aromatic rings. The lowest BCUT2D eigenvalue weighted by atomic mass is 10.1. The lowest BCUT2D eigenvalue weighted by Crippen LogP contribution is -2.20. The summed E-state index contributed by atoms with van der Waals surface area (Å²) in [6.07, 6.45) is 6.79. The molecule has 3 nitrogen and oxygen atoms in total. The Morgan fingerprint density at radius 1 is 1.05 bits per heavy atom. The summed E-state index contributed by atoms with van der Waals surface area (Å²) >= 11 is 0. The van der Waals surface area contributed by atoms with E-state index in [2.05, 4.69) is 45.5 Å². The van der Waals surface area contributed by atoms with Crippen molar-refractivity contribution in [3.05, 3.63) is 53.9 Å². The number of fused-ring (bicyclic) bond motifs is 1. The number of hydrogen-bond donors (Lipinski definition) is 1. The van der Waals surface area contributed by atoms with Crippen LogP contribution in [0.15, 0.2) is 42.6 Å². The zero-order chi connectivity index (χ0) is 14.1. The number of para-hydroxylation sites is 2. The van der Waals surface area contributed by atoms with Crippen molar-refractivity contribution >= 4 is 11.4 Å². The number of benzene rings is 1. The molecule has 2 heterocycles. The smallest absolute Gasteiger partial charge is 0.0691 e. The van der Waals surface area contributed by atoms with Crippen molar-refractivity contribution in [3.8, 4) is 0 Å². The van der Waals surface area contributed by atoms with Gasteiger partial charge < -0.3 is 10.2 Å². The van der Waals surface area contributed by atoms with Gasteiger partial charge in [0, 0.05) is 19.3 Å². The molecule has 1 atom stereocenters. The van der Waals surface area contributed by atoms with Gasteiger partial charge in [0.15, 0.2) is 0 Å². The normalized spacial score (nSPS) is 20.6. The van der Waals surface area contributed by atoms with Gasteiger partial charge in [0.25, 0.3) is 0 Å². The molecule has 1 aliphatic carbocycles. The van der Waals surface area contributed by atoms with Gasteiger partial charge in [-0.15, -0.1) is 0 Å². The highest BCUT2D eigenvalue weighted by Gasteiger charge is 2.24. The molecule has 0 amide bonds. The minimum atomic E-state index is 0.352. The van der Waals surface area contributed by atoms with E-state index < -0.39 is 0 Å². The van der Waals surface area contributed by atoms with Crippen LogP contribution in [0.5, 0.6) is 0 Å². The lowest BCUT2D eigenvalue weighted by Gasteiger charge is -2.24. The molecule has 0 saturated carbocycles. The van der Waals surface area contributed by atoms with Crippen LogP contribution < -0.4 is 10.2 Å². The molecular formula is C18H21N3. The van der Waals surface area contributed by atoms with Crippen molar-refractivity contribution in [2.45, 2.75) is 31.7 Å². The van der Waals surface area contributed by atoms with E-state index in [9.17, 15) is 0 Å². The molecule has 1 fully saturated rings. The van der Waals surface area contributed by atoms with Crippen LogP contribution in [-0.2, 0) is 6.42 Å². The first-order chi connectivity index (χ1) is 10.4. The third kappa shape index (κ3) is 2.37. The summed E-state index contributed by atoms with van der Waals surface area (Å²) in [5, 5.41) is 3.74. The summed E-state index contributed by atoms with van der Waals surface area (Å²) in [7, 11) is 0. The molecule has 3 heteroatoms. The summed E-state index contributed by atoms with van der Waals surface area (Å²) in [6.45, 7) is 2.36. The number of pyridine rings is 1. The van der Waals surface area contributed by atoms with E-state index in [0.29, 0.717) is 6.04 Å². The molecule has 1 saturated heterocycles. The maximum absolute atomic E-state index is 4.59. The van der Waals surface area contributed by atoms with Gasteiger partial charge in [0.2, 0.25) is 0 Å². The average molecular weight is 279 g/mol. The van der Waals surface area contributed by atoms with Crippen molar-refractivity contribution < 1.29 is 0 Å². The van der Waals surface area contributed by atoms with E-state index in [1.807, 2.05) is 12.3 Å². The lowest BCUT2D eigenvalue weighted by molar-refractivity contribution is 0.745. The Morgan fingerprint density at radius 2 is 1.90 bits per heavy atom. The van der Waals surface area contributed by atoms with Gasteiger partial charge in [-0.05, 0) is 49.4 Å². The van der Waals surface area contributed by atoms with Gasteiger partial charge in [-0.2, -0.15) is 0 Å². The van der Waals surface area contributed by atoms with Gasteiger partial charge in [0.1, 0.15) is 0 Å². The highest BCUT2D eigenvalue weighted by Crippen LogP contribution is 2.36. The maximum Gasteiger partial charge on any atom is 0.0691 e. The van der Waals surface area contributed by atoms with Crippen LogP contribution in [-0.4, -0.2) is 18.1 Å². The molecule has 1 unspecified atom stereocenters. The van der Waals surface area contributed by atoms with E-state index in [1.54, 1.807) is 0 Å². The largest absolute Gasteiger partial charge is 0.375 e. The molecule has 1 aromatic carbocycles. The second-order valence-corrected chi connectivity index (χ2v) is 5.99. The molecule has 1 aliphatic heterocycles. The van der Waals surface area contributed by atoms with Gasteiger partial charge in [-0.25, -0.2) is 0 Å². The van der Waals surface area contributed by atoms with Crippen LogP contribution in [0.25, 0.3) is 0 Å². The molecule has 1 N–H and O–H groups in total. The van der Waals surface area contributed by atoms with E-state index in [4.69, 9.17) is 0 Å². The second kappa shape index (κ2) is 5.40. The Morgan fingerprint density at radius 3 is 2.81 bits per heavy atom. The minimum Gasteiger partial charge on any atom is -0.375 e. The summed E-state index contributed by atoms with van der Waals surface area (Å²) in [4.78, 5) is 7.08. The van der Waals surface area contributed by atoms with Crippen LogP contribution >= 0.6 is 0 Å². The summed E-state index contributed by atoms with van der Waals surface area (Å²) < 4.78 is 0. The molecular weight excluding hydrogens is 258 g/mol. The van der Waals surface area contributed by atoms with Crippen molar-refractivity contribution in [2.24, 2.45) is 0 Å². The molecule has 0 spiro atoms. The first-order valence-corrected chi connectivity index (χ1v) is 7.96. The molecule has 4 rings (SSSR count). The van der Waals surface area contributed by atoms with E-state index in [-0.39, 0.29) is 0 Å². The summed E-state index contributed by atoms with van der Waals surface area (Å²) in [6, 6.07) is 13.3. The monoisotopic (exact) mass is 279 g/mol. The third-order valence-corrected chi connectivity index (χ3v) is 4.64. The predicted octanol–water partition coefficient (Wildman–Crippen LogP) is 3.78. The highest BCUT2D eigenvalue weighted by molar-refractivity contribution is 5.71. The fourth-order valence-corrected chi connectivity index (χ4v) is 3.57. The first-order valence-electron chi connectivity index (χ1n) is 7.96. The molecule has 108 valence electrons. The third-order valence-electron chi connectivity index (χ3n) is 4.64. The topological polar surface area (TPSA) is 28.2 Å². The number of hydrogen-bond acceptors (Lipinski definition) is 3. The van der Waals surface area contributed by atoms with E-state index in [0.717, 1.165) is 12.8 Å².